The maximum atomic E-state index is 12.0. The highest BCUT2D eigenvalue weighted by Gasteiger charge is 2.11. The molecule has 1 aromatic heterocycles. The molecule has 4 heteroatoms. The fourth-order valence-corrected chi connectivity index (χ4v) is 2.41. The topological polar surface area (TPSA) is 43.1 Å². The molecular weight excluding hydrogens is 306 g/mol. The van der Waals surface area contributed by atoms with Gasteiger partial charge in [0.2, 0.25) is 5.89 Å². The molecule has 0 N–H and O–H groups in total. The number of aromatic nitrogens is 1. The predicted octanol–water partition coefficient (Wildman–Crippen LogP) is 4.01. The van der Waals surface area contributed by atoms with Gasteiger partial charge >= 0.3 is 5.63 Å². The molecular formula is C15H12BrNO2. The molecule has 0 saturated heterocycles. The minimum absolute atomic E-state index is 0.233. The molecule has 96 valence electrons. The third-order valence-electron chi connectivity index (χ3n) is 2.59. The monoisotopic (exact) mass is 317 g/mol. The molecule has 0 spiro atoms. The molecule has 0 aliphatic rings. The van der Waals surface area contributed by atoms with E-state index in [-0.39, 0.29) is 5.89 Å². The number of rotatable bonds is 3. The summed E-state index contributed by atoms with van der Waals surface area (Å²) < 4.78 is 5.99. The summed E-state index contributed by atoms with van der Waals surface area (Å²) in [6.45, 7) is 9.19. The van der Waals surface area contributed by atoms with E-state index in [4.69, 9.17) is 4.42 Å². The lowest BCUT2D eigenvalue weighted by Crippen LogP contribution is -2.05. The summed E-state index contributed by atoms with van der Waals surface area (Å²) in [7, 11) is 0. The summed E-state index contributed by atoms with van der Waals surface area (Å²) in [6, 6.07) is 3.66. The minimum Gasteiger partial charge on any atom is -0.403 e. The molecule has 2 rings (SSSR count). The summed E-state index contributed by atoms with van der Waals surface area (Å²) in [4.78, 5) is 16.4. The van der Waals surface area contributed by atoms with Crippen molar-refractivity contribution in [3.63, 3.8) is 0 Å². The highest BCUT2D eigenvalue weighted by molar-refractivity contribution is 9.10. The molecule has 0 radical (unpaired) electrons. The third-order valence-corrected chi connectivity index (χ3v) is 3.20. The molecule has 0 aliphatic heterocycles. The highest BCUT2D eigenvalue weighted by atomic mass is 79.9. The van der Waals surface area contributed by atoms with Crippen LogP contribution in [0.3, 0.4) is 0 Å². The van der Waals surface area contributed by atoms with E-state index in [1.807, 2.05) is 13.0 Å². The van der Waals surface area contributed by atoms with E-state index in [1.165, 1.54) is 0 Å². The zero-order valence-electron chi connectivity index (χ0n) is 10.4. The van der Waals surface area contributed by atoms with Crippen LogP contribution in [-0.2, 0) is 0 Å². The van der Waals surface area contributed by atoms with Crippen molar-refractivity contribution >= 4 is 32.4 Å². The van der Waals surface area contributed by atoms with Crippen LogP contribution in [0.5, 0.6) is 0 Å². The van der Waals surface area contributed by atoms with Crippen molar-refractivity contribution in [1.29, 1.82) is 0 Å². The van der Waals surface area contributed by atoms with E-state index in [0.29, 0.717) is 16.5 Å². The minimum atomic E-state index is -0.416. The van der Waals surface area contributed by atoms with E-state index < -0.39 is 5.63 Å². The number of aryl methyl sites for hydroxylation is 1. The lowest BCUT2D eigenvalue weighted by atomic mass is 10.1. The van der Waals surface area contributed by atoms with Gasteiger partial charge in [-0.2, -0.15) is 0 Å². The van der Waals surface area contributed by atoms with Gasteiger partial charge in [-0.15, -0.1) is 0 Å². The standard InChI is InChI=1S/C15H12BrNO2/c1-4-6-10(5-2)14-17-13-11(15(18)19-14)7-9(3)8-12(13)16/h4-8H,1-2H2,3H3/b10-6+. The molecule has 2 aromatic rings. The van der Waals surface area contributed by atoms with Crippen LogP contribution in [0, 0.1) is 6.92 Å². The van der Waals surface area contributed by atoms with Crippen molar-refractivity contribution in [2.45, 2.75) is 6.92 Å². The number of halogens is 1. The van der Waals surface area contributed by atoms with Crippen LogP contribution in [-0.4, -0.2) is 4.98 Å². The number of nitrogens with zero attached hydrogens (tertiary/aromatic N) is 1. The highest BCUT2D eigenvalue weighted by Crippen LogP contribution is 2.24. The van der Waals surface area contributed by atoms with Crippen LogP contribution in [0.25, 0.3) is 16.5 Å². The molecule has 0 aliphatic carbocycles. The van der Waals surface area contributed by atoms with Crippen molar-refractivity contribution < 1.29 is 4.42 Å². The summed E-state index contributed by atoms with van der Waals surface area (Å²) in [5.41, 5.74) is 1.74. The van der Waals surface area contributed by atoms with Crippen LogP contribution in [0.15, 0.2) is 57.2 Å². The van der Waals surface area contributed by atoms with Crippen molar-refractivity contribution in [1.82, 2.24) is 4.98 Å². The molecule has 1 aromatic carbocycles. The molecule has 0 atom stereocenters. The van der Waals surface area contributed by atoms with Crippen LogP contribution >= 0.6 is 15.9 Å². The Balaban J connectivity index is 2.82. The van der Waals surface area contributed by atoms with E-state index >= 15 is 0 Å². The van der Waals surface area contributed by atoms with Crippen molar-refractivity contribution in [2.24, 2.45) is 0 Å². The Morgan fingerprint density at radius 1 is 1.42 bits per heavy atom. The second-order valence-electron chi connectivity index (χ2n) is 4.01. The second kappa shape index (κ2) is 5.36. The average molecular weight is 318 g/mol. The van der Waals surface area contributed by atoms with E-state index in [2.05, 4.69) is 34.1 Å². The maximum absolute atomic E-state index is 12.0. The summed E-state index contributed by atoms with van der Waals surface area (Å²) in [5.74, 6) is 0.233. The fourth-order valence-electron chi connectivity index (χ4n) is 1.75. The molecule has 0 fully saturated rings. The van der Waals surface area contributed by atoms with Crippen LogP contribution in [0.2, 0.25) is 0 Å². The largest absolute Gasteiger partial charge is 0.403 e. The first kappa shape index (κ1) is 13.5. The van der Waals surface area contributed by atoms with Gasteiger partial charge < -0.3 is 4.42 Å². The van der Waals surface area contributed by atoms with E-state index in [0.717, 1.165) is 10.0 Å². The zero-order valence-corrected chi connectivity index (χ0v) is 12.0. The first-order chi connectivity index (χ1) is 9.06. The van der Waals surface area contributed by atoms with Gasteiger partial charge in [0.1, 0.15) is 0 Å². The molecule has 0 unspecified atom stereocenters. The normalized spacial score (nSPS) is 11.6. The van der Waals surface area contributed by atoms with Crippen molar-refractivity contribution in [3.8, 4) is 0 Å². The molecule has 1 heterocycles. The van der Waals surface area contributed by atoms with Gasteiger partial charge in [-0.05, 0) is 40.5 Å². The summed E-state index contributed by atoms with van der Waals surface area (Å²) in [5, 5.41) is 0.456. The van der Waals surface area contributed by atoms with Crippen LogP contribution in [0.1, 0.15) is 11.5 Å². The van der Waals surface area contributed by atoms with Gasteiger partial charge in [-0.1, -0.05) is 31.4 Å². The SMILES string of the molecule is C=C/C=C(\C=C)c1nc2c(Br)cc(C)cc2c(=O)o1. The number of allylic oxidation sites excluding steroid dienone is 4. The van der Waals surface area contributed by atoms with Gasteiger partial charge in [0.15, 0.2) is 0 Å². The van der Waals surface area contributed by atoms with Gasteiger partial charge in [0.25, 0.3) is 0 Å². The Morgan fingerprint density at radius 2 is 2.16 bits per heavy atom. The molecule has 19 heavy (non-hydrogen) atoms. The zero-order chi connectivity index (χ0) is 14.0. The summed E-state index contributed by atoms with van der Waals surface area (Å²) in [6.07, 6.45) is 4.85. The third kappa shape index (κ3) is 2.58. The van der Waals surface area contributed by atoms with Gasteiger partial charge in [-0.25, -0.2) is 9.78 Å². The number of hydrogen-bond donors (Lipinski definition) is 0. The Labute approximate surface area is 119 Å². The Morgan fingerprint density at radius 3 is 2.79 bits per heavy atom. The van der Waals surface area contributed by atoms with Gasteiger partial charge in [-0.3, -0.25) is 0 Å². The smallest absolute Gasteiger partial charge is 0.347 e. The quantitative estimate of drug-likeness (QED) is 0.803. The molecule has 0 bridgehead atoms. The lowest BCUT2D eigenvalue weighted by Gasteiger charge is -2.04. The van der Waals surface area contributed by atoms with Crippen LogP contribution < -0.4 is 5.63 Å². The number of benzene rings is 1. The van der Waals surface area contributed by atoms with E-state index in [1.54, 1.807) is 24.3 Å². The van der Waals surface area contributed by atoms with Crippen molar-refractivity contribution in [2.75, 3.05) is 0 Å². The Kier molecular flexibility index (Phi) is 3.81. The summed E-state index contributed by atoms with van der Waals surface area (Å²) >= 11 is 3.42. The molecule has 0 saturated carbocycles. The Hall–Kier alpha value is -1.94. The maximum Gasteiger partial charge on any atom is 0.347 e. The number of hydrogen-bond acceptors (Lipinski definition) is 3. The fraction of sp³-hybridized carbons (Fsp3) is 0.0667. The second-order valence-corrected chi connectivity index (χ2v) is 4.87. The lowest BCUT2D eigenvalue weighted by molar-refractivity contribution is 0.487. The van der Waals surface area contributed by atoms with Crippen LogP contribution in [0.4, 0.5) is 0 Å². The first-order valence-electron chi connectivity index (χ1n) is 5.63. The van der Waals surface area contributed by atoms with E-state index in [9.17, 15) is 4.79 Å². The average Bonchev–Trinajstić information content (AvgIpc) is 2.37. The number of fused-ring (bicyclic) bond motifs is 1. The molecule has 3 nitrogen and oxygen atoms in total. The van der Waals surface area contributed by atoms with Crippen molar-refractivity contribution in [3.05, 3.63) is 69.9 Å². The predicted molar refractivity (Wildman–Crippen MR) is 81.1 cm³/mol. The van der Waals surface area contributed by atoms with Gasteiger partial charge in [0.05, 0.1) is 10.9 Å². The first-order valence-corrected chi connectivity index (χ1v) is 6.42. The van der Waals surface area contributed by atoms with Gasteiger partial charge in [0, 0.05) is 10.0 Å². The molecule has 0 amide bonds. The Bertz CT molecular complexity index is 757.